The zero-order chi connectivity index (χ0) is 9.56. The molecule has 0 aromatic carbocycles. The van der Waals surface area contributed by atoms with E-state index in [0.717, 1.165) is 11.9 Å². The van der Waals surface area contributed by atoms with Gasteiger partial charge in [-0.3, -0.25) is 4.79 Å². The Morgan fingerprint density at radius 1 is 1.42 bits per heavy atom. The molecule has 0 rings (SSSR count). The summed E-state index contributed by atoms with van der Waals surface area (Å²) in [5.41, 5.74) is 0.852. The van der Waals surface area contributed by atoms with Crippen LogP contribution in [0, 0.1) is 11.8 Å². The predicted octanol–water partition coefficient (Wildman–Crippen LogP) is 3.20. The molecule has 0 unspecified atom stereocenters. The highest BCUT2D eigenvalue weighted by Crippen LogP contribution is 2.18. The molecule has 2 atom stereocenters. The van der Waals surface area contributed by atoms with Crippen molar-refractivity contribution in [3.05, 3.63) is 11.6 Å². The van der Waals surface area contributed by atoms with Gasteiger partial charge in [-0.05, 0) is 24.3 Å². The zero-order valence-electron chi connectivity index (χ0n) is 8.63. The van der Waals surface area contributed by atoms with Gasteiger partial charge in [-0.25, -0.2) is 0 Å². The molecule has 0 amide bonds. The second kappa shape index (κ2) is 5.99. The van der Waals surface area contributed by atoms with E-state index in [0.29, 0.717) is 11.8 Å². The minimum atomic E-state index is 0.523. The van der Waals surface area contributed by atoms with Crippen LogP contribution in [0.1, 0.15) is 40.5 Å². The summed E-state index contributed by atoms with van der Waals surface area (Å²) < 4.78 is 0. The zero-order valence-corrected chi connectivity index (χ0v) is 8.63. The highest BCUT2D eigenvalue weighted by molar-refractivity contribution is 5.72. The standard InChI is InChI=1S/C11H20O/c1-5-6-10(3)11(4)7-9(2)8-12/h7-8,10-11H,5-6H2,1-4H3/b9-7+/t10-,11-/m0/s1. The number of carbonyl (C=O) groups is 1. The van der Waals surface area contributed by atoms with Crippen molar-refractivity contribution in [3.63, 3.8) is 0 Å². The van der Waals surface area contributed by atoms with E-state index in [1.807, 2.05) is 6.92 Å². The Kier molecular flexibility index (Phi) is 5.69. The first-order valence-electron chi connectivity index (χ1n) is 4.75. The fraction of sp³-hybridized carbons (Fsp3) is 0.727. The van der Waals surface area contributed by atoms with Gasteiger partial charge in [-0.2, -0.15) is 0 Å². The molecule has 0 spiro atoms. The summed E-state index contributed by atoms with van der Waals surface area (Å²) in [6, 6.07) is 0. The lowest BCUT2D eigenvalue weighted by molar-refractivity contribution is -0.104. The van der Waals surface area contributed by atoms with E-state index < -0.39 is 0 Å². The Labute approximate surface area is 75.9 Å². The number of rotatable bonds is 5. The largest absolute Gasteiger partial charge is 0.298 e. The molecule has 0 saturated heterocycles. The van der Waals surface area contributed by atoms with E-state index in [9.17, 15) is 4.79 Å². The average molecular weight is 168 g/mol. The molecule has 0 aliphatic heterocycles. The van der Waals surface area contributed by atoms with Gasteiger partial charge in [0.25, 0.3) is 0 Å². The SMILES string of the molecule is CCC[C@H](C)[C@@H](C)/C=C(\C)C=O. The first-order chi connectivity index (χ1) is 5.61. The fourth-order valence-electron chi connectivity index (χ4n) is 1.34. The van der Waals surface area contributed by atoms with Crippen molar-refractivity contribution in [1.82, 2.24) is 0 Å². The fourth-order valence-corrected chi connectivity index (χ4v) is 1.34. The normalized spacial score (nSPS) is 17.2. The van der Waals surface area contributed by atoms with Crippen molar-refractivity contribution >= 4 is 6.29 Å². The molecule has 0 bridgehead atoms. The lowest BCUT2D eigenvalue weighted by Crippen LogP contribution is -2.05. The van der Waals surface area contributed by atoms with Gasteiger partial charge in [0.1, 0.15) is 6.29 Å². The van der Waals surface area contributed by atoms with E-state index in [4.69, 9.17) is 0 Å². The molecule has 0 aromatic rings. The highest BCUT2D eigenvalue weighted by atomic mass is 16.1. The van der Waals surface area contributed by atoms with E-state index in [1.54, 1.807) is 0 Å². The maximum absolute atomic E-state index is 10.4. The minimum Gasteiger partial charge on any atom is -0.298 e. The monoisotopic (exact) mass is 168 g/mol. The van der Waals surface area contributed by atoms with E-state index in [1.165, 1.54) is 12.8 Å². The molecular weight excluding hydrogens is 148 g/mol. The van der Waals surface area contributed by atoms with Crippen molar-refractivity contribution in [2.75, 3.05) is 0 Å². The summed E-state index contributed by atoms with van der Waals surface area (Å²) in [5.74, 6) is 1.21. The molecule has 12 heavy (non-hydrogen) atoms. The van der Waals surface area contributed by atoms with Gasteiger partial charge in [0, 0.05) is 0 Å². The van der Waals surface area contributed by atoms with Crippen LogP contribution in [0.2, 0.25) is 0 Å². The van der Waals surface area contributed by atoms with Gasteiger partial charge in [0.2, 0.25) is 0 Å². The van der Waals surface area contributed by atoms with Crippen molar-refractivity contribution in [2.45, 2.75) is 40.5 Å². The van der Waals surface area contributed by atoms with Crippen molar-refractivity contribution in [1.29, 1.82) is 0 Å². The molecule has 0 radical (unpaired) electrons. The number of hydrogen-bond acceptors (Lipinski definition) is 1. The molecule has 0 N–H and O–H groups in total. The van der Waals surface area contributed by atoms with Gasteiger partial charge in [-0.1, -0.05) is 39.7 Å². The van der Waals surface area contributed by atoms with Gasteiger partial charge in [-0.15, -0.1) is 0 Å². The molecule has 0 saturated carbocycles. The number of carbonyl (C=O) groups excluding carboxylic acids is 1. The lowest BCUT2D eigenvalue weighted by atomic mass is 9.90. The number of allylic oxidation sites excluding steroid dienone is 2. The predicted molar refractivity (Wildman–Crippen MR) is 53.1 cm³/mol. The lowest BCUT2D eigenvalue weighted by Gasteiger charge is -2.15. The van der Waals surface area contributed by atoms with Crippen LogP contribution >= 0.6 is 0 Å². The highest BCUT2D eigenvalue weighted by Gasteiger charge is 2.08. The summed E-state index contributed by atoms with van der Waals surface area (Å²) >= 11 is 0. The maximum Gasteiger partial charge on any atom is 0.145 e. The Morgan fingerprint density at radius 2 is 2.00 bits per heavy atom. The molecular formula is C11H20O. The number of aldehydes is 1. The van der Waals surface area contributed by atoms with Gasteiger partial charge < -0.3 is 0 Å². The minimum absolute atomic E-state index is 0.523. The quantitative estimate of drug-likeness (QED) is 0.455. The first kappa shape index (κ1) is 11.4. The van der Waals surface area contributed by atoms with Gasteiger partial charge >= 0.3 is 0 Å². The van der Waals surface area contributed by atoms with E-state index in [2.05, 4.69) is 26.8 Å². The van der Waals surface area contributed by atoms with Crippen LogP contribution in [-0.4, -0.2) is 6.29 Å². The van der Waals surface area contributed by atoms with Crippen LogP contribution in [0.3, 0.4) is 0 Å². The van der Waals surface area contributed by atoms with Crippen LogP contribution in [0.5, 0.6) is 0 Å². The number of hydrogen-bond donors (Lipinski definition) is 0. The molecule has 0 aliphatic carbocycles. The van der Waals surface area contributed by atoms with E-state index in [-0.39, 0.29) is 0 Å². The van der Waals surface area contributed by atoms with Gasteiger partial charge in [0.15, 0.2) is 0 Å². The second-order valence-electron chi connectivity index (χ2n) is 3.65. The maximum atomic E-state index is 10.4. The summed E-state index contributed by atoms with van der Waals surface area (Å²) in [5, 5.41) is 0. The van der Waals surface area contributed by atoms with Crippen molar-refractivity contribution in [2.24, 2.45) is 11.8 Å². The van der Waals surface area contributed by atoms with Crippen LogP contribution in [0.4, 0.5) is 0 Å². The topological polar surface area (TPSA) is 17.1 Å². The average Bonchev–Trinajstić information content (AvgIpc) is 2.04. The Hall–Kier alpha value is -0.590. The molecule has 0 heterocycles. The summed E-state index contributed by atoms with van der Waals surface area (Å²) in [6.07, 6.45) is 5.45. The Bertz CT molecular complexity index is 158. The molecule has 1 nitrogen and oxygen atoms in total. The Morgan fingerprint density at radius 3 is 2.42 bits per heavy atom. The third-order valence-electron chi connectivity index (χ3n) is 2.35. The third kappa shape index (κ3) is 4.32. The summed E-state index contributed by atoms with van der Waals surface area (Å²) in [6.45, 7) is 8.47. The van der Waals surface area contributed by atoms with Crippen LogP contribution in [0.15, 0.2) is 11.6 Å². The van der Waals surface area contributed by atoms with Crippen LogP contribution in [-0.2, 0) is 4.79 Å². The Balaban J connectivity index is 4.01. The summed E-state index contributed by atoms with van der Waals surface area (Å²) in [7, 11) is 0. The van der Waals surface area contributed by atoms with E-state index >= 15 is 0 Å². The third-order valence-corrected chi connectivity index (χ3v) is 2.35. The summed E-state index contributed by atoms with van der Waals surface area (Å²) in [4.78, 5) is 10.4. The second-order valence-corrected chi connectivity index (χ2v) is 3.65. The van der Waals surface area contributed by atoms with Gasteiger partial charge in [0.05, 0.1) is 0 Å². The van der Waals surface area contributed by atoms with Crippen molar-refractivity contribution < 1.29 is 4.79 Å². The van der Waals surface area contributed by atoms with Crippen LogP contribution < -0.4 is 0 Å². The molecule has 0 fully saturated rings. The molecule has 1 heteroatoms. The smallest absolute Gasteiger partial charge is 0.145 e. The van der Waals surface area contributed by atoms with Crippen LogP contribution in [0.25, 0.3) is 0 Å². The molecule has 0 aliphatic rings. The van der Waals surface area contributed by atoms with Crippen molar-refractivity contribution in [3.8, 4) is 0 Å². The first-order valence-corrected chi connectivity index (χ1v) is 4.75. The molecule has 0 aromatic heterocycles. The molecule has 70 valence electrons.